The molecule has 0 radical (unpaired) electrons. The molecule has 1 aliphatic heterocycles. The van der Waals surface area contributed by atoms with Crippen LogP contribution in [0.1, 0.15) is 10.4 Å². The Morgan fingerprint density at radius 1 is 1.00 bits per heavy atom. The number of benzene rings is 2. The number of hydrogen-bond acceptors (Lipinski definition) is 5. The predicted octanol–water partition coefficient (Wildman–Crippen LogP) is 2.37. The molecule has 25 heavy (non-hydrogen) atoms. The van der Waals surface area contributed by atoms with Crippen LogP contribution in [0.5, 0.6) is 5.75 Å². The van der Waals surface area contributed by atoms with E-state index in [4.69, 9.17) is 4.74 Å². The maximum atomic E-state index is 12.5. The number of fused-ring (bicyclic) bond motifs is 2. The molecule has 1 aliphatic rings. The maximum Gasteiger partial charge on any atom is 0.306 e. The summed E-state index contributed by atoms with van der Waals surface area (Å²) >= 11 is 0. The summed E-state index contributed by atoms with van der Waals surface area (Å²) in [6.45, 7) is -0.372. The number of para-hydroxylation sites is 2. The number of carbonyl (C=O) groups is 3. The van der Waals surface area contributed by atoms with Crippen LogP contribution in [0.15, 0.2) is 60.8 Å². The first-order chi connectivity index (χ1) is 12.2. The van der Waals surface area contributed by atoms with Crippen LogP contribution in [0.25, 0.3) is 10.9 Å². The number of nitrogens with zero attached hydrogens (tertiary/aromatic N) is 2. The summed E-state index contributed by atoms with van der Waals surface area (Å²) in [4.78, 5) is 41.7. The number of imide groups is 1. The Hall–Kier alpha value is -3.54. The van der Waals surface area contributed by atoms with Crippen molar-refractivity contribution < 1.29 is 19.1 Å². The zero-order chi connectivity index (χ0) is 17.4. The fourth-order valence-corrected chi connectivity index (χ4v) is 2.83. The first-order valence-corrected chi connectivity index (χ1v) is 7.64. The van der Waals surface area contributed by atoms with E-state index >= 15 is 0 Å². The van der Waals surface area contributed by atoms with Gasteiger partial charge in [-0.25, -0.2) is 4.90 Å². The highest BCUT2D eigenvalue weighted by Gasteiger charge is 2.39. The van der Waals surface area contributed by atoms with E-state index in [1.807, 2.05) is 18.2 Å². The molecule has 0 saturated carbocycles. The van der Waals surface area contributed by atoms with Crippen LogP contribution in [0.4, 0.5) is 5.69 Å². The number of Topliss-reactive ketones (excluding diaryl/α,β-unsaturated/α-hetero) is 1. The molecule has 6 heteroatoms. The second kappa shape index (κ2) is 5.83. The average Bonchev–Trinajstić information content (AvgIpc) is 2.91. The Kier molecular flexibility index (Phi) is 3.50. The molecule has 2 heterocycles. The Balaban J connectivity index is 1.59. The van der Waals surface area contributed by atoms with Crippen molar-refractivity contribution in [2.24, 2.45) is 0 Å². The first kappa shape index (κ1) is 15.0. The van der Waals surface area contributed by atoms with Gasteiger partial charge in [-0.2, -0.15) is 0 Å². The molecule has 2 aromatic carbocycles. The summed E-state index contributed by atoms with van der Waals surface area (Å²) < 4.78 is 5.57. The van der Waals surface area contributed by atoms with Gasteiger partial charge in [0, 0.05) is 11.6 Å². The highest BCUT2D eigenvalue weighted by molar-refractivity contribution is 6.56. The number of amides is 2. The normalized spacial score (nSPS) is 13.2. The van der Waals surface area contributed by atoms with Gasteiger partial charge >= 0.3 is 5.91 Å². The lowest BCUT2D eigenvalue weighted by atomic mass is 10.1. The minimum Gasteiger partial charge on any atom is -0.481 e. The molecule has 1 aromatic heterocycles. The van der Waals surface area contributed by atoms with Gasteiger partial charge in [-0.05, 0) is 24.3 Å². The number of ketones is 1. The van der Waals surface area contributed by atoms with E-state index in [-0.39, 0.29) is 12.2 Å². The molecule has 0 spiro atoms. The molecule has 122 valence electrons. The number of rotatable bonds is 3. The quantitative estimate of drug-likeness (QED) is 0.688. The summed E-state index contributed by atoms with van der Waals surface area (Å²) in [6.07, 6.45) is 1.63. The number of hydrogen-bond donors (Lipinski definition) is 0. The summed E-state index contributed by atoms with van der Waals surface area (Å²) in [6, 6.07) is 15.5. The molecule has 0 N–H and O–H groups in total. The molecular weight excluding hydrogens is 320 g/mol. The smallest absolute Gasteiger partial charge is 0.306 e. The van der Waals surface area contributed by atoms with E-state index in [2.05, 4.69) is 4.98 Å². The van der Waals surface area contributed by atoms with E-state index in [0.29, 0.717) is 17.0 Å². The van der Waals surface area contributed by atoms with Crippen LogP contribution >= 0.6 is 0 Å². The third kappa shape index (κ3) is 2.44. The van der Waals surface area contributed by atoms with Gasteiger partial charge in [-0.3, -0.25) is 19.4 Å². The predicted molar refractivity (Wildman–Crippen MR) is 90.5 cm³/mol. The second-order valence-corrected chi connectivity index (χ2v) is 5.50. The number of pyridine rings is 1. The van der Waals surface area contributed by atoms with Crippen molar-refractivity contribution in [2.45, 2.75) is 0 Å². The first-order valence-electron chi connectivity index (χ1n) is 7.64. The lowest BCUT2D eigenvalue weighted by Crippen LogP contribution is -2.39. The fourth-order valence-electron chi connectivity index (χ4n) is 2.83. The third-order valence-electron chi connectivity index (χ3n) is 3.98. The Morgan fingerprint density at radius 3 is 2.68 bits per heavy atom. The van der Waals surface area contributed by atoms with E-state index in [1.165, 1.54) is 6.07 Å². The van der Waals surface area contributed by atoms with Crippen LogP contribution in [0.3, 0.4) is 0 Å². The Labute approximate surface area is 142 Å². The van der Waals surface area contributed by atoms with Crippen LogP contribution in [0, 0.1) is 0 Å². The number of anilines is 1. The molecule has 0 atom stereocenters. The van der Waals surface area contributed by atoms with E-state index in [1.54, 1.807) is 36.5 Å². The highest BCUT2D eigenvalue weighted by atomic mass is 16.5. The number of aromatic nitrogens is 1. The number of carbonyl (C=O) groups excluding carboxylic acids is 3. The van der Waals surface area contributed by atoms with Gasteiger partial charge in [0.25, 0.3) is 11.7 Å². The molecule has 6 nitrogen and oxygen atoms in total. The molecule has 2 amide bonds. The van der Waals surface area contributed by atoms with Crippen molar-refractivity contribution in [3.63, 3.8) is 0 Å². The molecule has 0 bridgehead atoms. The summed E-state index contributed by atoms with van der Waals surface area (Å²) in [5.41, 5.74) is 1.15. The molecule has 0 aliphatic carbocycles. The zero-order valence-electron chi connectivity index (χ0n) is 13.0. The second-order valence-electron chi connectivity index (χ2n) is 5.50. The fraction of sp³-hybridized carbons (Fsp3) is 0.0526. The van der Waals surface area contributed by atoms with Gasteiger partial charge < -0.3 is 4.74 Å². The van der Waals surface area contributed by atoms with E-state index in [9.17, 15) is 14.4 Å². The highest BCUT2D eigenvalue weighted by Crippen LogP contribution is 2.29. The third-order valence-corrected chi connectivity index (χ3v) is 3.98. The SMILES string of the molecule is O=C1C(=O)N(C(=O)COc2cccc3cccnc23)c2ccccc21. The lowest BCUT2D eigenvalue weighted by molar-refractivity contribution is -0.125. The van der Waals surface area contributed by atoms with Crippen molar-refractivity contribution in [3.05, 3.63) is 66.4 Å². The zero-order valence-corrected chi connectivity index (χ0v) is 13.0. The molecule has 0 fully saturated rings. The molecule has 4 rings (SSSR count). The maximum absolute atomic E-state index is 12.5. The van der Waals surface area contributed by atoms with Crippen molar-refractivity contribution in [1.82, 2.24) is 4.98 Å². The standard InChI is InChI=1S/C19H12N2O4/c22-16(21-14-8-2-1-7-13(14)18(23)19(21)24)11-25-15-9-3-5-12-6-4-10-20-17(12)15/h1-10H,11H2. The van der Waals surface area contributed by atoms with E-state index < -0.39 is 17.6 Å². The van der Waals surface area contributed by atoms with Crippen LogP contribution in [-0.2, 0) is 9.59 Å². The summed E-state index contributed by atoms with van der Waals surface area (Å²) in [7, 11) is 0. The monoisotopic (exact) mass is 332 g/mol. The molecule has 0 saturated heterocycles. The Bertz CT molecular complexity index is 1020. The average molecular weight is 332 g/mol. The van der Waals surface area contributed by atoms with Crippen molar-refractivity contribution in [2.75, 3.05) is 11.5 Å². The van der Waals surface area contributed by atoms with Gasteiger partial charge in [0.2, 0.25) is 0 Å². The number of ether oxygens (including phenoxy) is 1. The van der Waals surface area contributed by atoms with Gasteiger partial charge in [0.15, 0.2) is 6.61 Å². The Morgan fingerprint density at radius 2 is 1.80 bits per heavy atom. The van der Waals surface area contributed by atoms with Crippen LogP contribution in [0.2, 0.25) is 0 Å². The minimum absolute atomic E-state index is 0.229. The summed E-state index contributed by atoms with van der Waals surface area (Å²) in [5, 5.41) is 0.880. The van der Waals surface area contributed by atoms with Gasteiger partial charge in [0.1, 0.15) is 11.3 Å². The topological polar surface area (TPSA) is 76.6 Å². The molecule has 3 aromatic rings. The van der Waals surface area contributed by atoms with E-state index in [0.717, 1.165) is 10.3 Å². The van der Waals surface area contributed by atoms with Crippen molar-refractivity contribution in [3.8, 4) is 5.75 Å². The summed E-state index contributed by atoms with van der Waals surface area (Å²) in [5.74, 6) is -1.70. The van der Waals surface area contributed by atoms with Gasteiger partial charge in [0.05, 0.1) is 11.3 Å². The molecular formula is C19H12N2O4. The minimum atomic E-state index is -0.856. The van der Waals surface area contributed by atoms with Crippen LogP contribution in [-0.4, -0.2) is 29.2 Å². The lowest BCUT2D eigenvalue weighted by Gasteiger charge is -2.15. The largest absolute Gasteiger partial charge is 0.481 e. The van der Waals surface area contributed by atoms with Crippen molar-refractivity contribution >= 4 is 34.2 Å². The van der Waals surface area contributed by atoms with Gasteiger partial charge in [-0.15, -0.1) is 0 Å². The van der Waals surface area contributed by atoms with Crippen LogP contribution < -0.4 is 9.64 Å². The molecule has 0 unspecified atom stereocenters. The van der Waals surface area contributed by atoms with Crippen molar-refractivity contribution in [1.29, 1.82) is 0 Å². The van der Waals surface area contributed by atoms with Gasteiger partial charge in [-0.1, -0.05) is 30.3 Å².